The molecule has 0 spiro atoms. The fourth-order valence-corrected chi connectivity index (χ4v) is 4.00. The highest BCUT2D eigenvalue weighted by Gasteiger charge is 2.39. The van der Waals surface area contributed by atoms with Crippen LogP contribution in [0.4, 0.5) is 0 Å². The molecule has 0 radical (unpaired) electrons. The summed E-state index contributed by atoms with van der Waals surface area (Å²) in [4.78, 5) is 25.8. The molecular weight excluding hydrogens is 248 g/mol. The Morgan fingerprint density at radius 3 is 2.78 bits per heavy atom. The van der Waals surface area contributed by atoms with Crippen LogP contribution in [0, 0.1) is 5.92 Å². The maximum atomic E-state index is 12.3. The lowest BCUT2D eigenvalue weighted by Crippen LogP contribution is -2.61. The average molecular weight is 270 g/mol. The van der Waals surface area contributed by atoms with Gasteiger partial charge in [0.1, 0.15) is 6.04 Å². The van der Waals surface area contributed by atoms with Gasteiger partial charge in [-0.15, -0.1) is 0 Å². The van der Waals surface area contributed by atoms with Crippen molar-refractivity contribution in [2.75, 3.05) is 18.8 Å². The normalized spacial score (nSPS) is 33.1. The Kier molecular flexibility index (Phi) is 3.90. The number of rotatable bonds is 3. The average Bonchev–Trinajstić information content (AvgIpc) is 2.69. The SMILES string of the molecule is CC(C)C1NC(=O)CN(CC2(C)CCCS2)C1=O. The van der Waals surface area contributed by atoms with Crippen molar-refractivity contribution >= 4 is 23.6 Å². The highest BCUT2D eigenvalue weighted by molar-refractivity contribution is 8.00. The van der Waals surface area contributed by atoms with Gasteiger partial charge < -0.3 is 10.2 Å². The summed E-state index contributed by atoms with van der Waals surface area (Å²) in [6, 6.07) is -0.346. The fraction of sp³-hybridized carbons (Fsp3) is 0.846. The van der Waals surface area contributed by atoms with Crippen molar-refractivity contribution in [3.05, 3.63) is 0 Å². The molecule has 2 atom stereocenters. The zero-order valence-corrected chi connectivity index (χ0v) is 12.2. The summed E-state index contributed by atoms with van der Waals surface area (Å²) < 4.78 is 0.134. The first-order valence-electron chi connectivity index (χ1n) is 6.63. The molecule has 0 saturated carbocycles. The molecule has 2 aliphatic rings. The van der Waals surface area contributed by atoms with Gasteiger partial charge in [0.05, 0.1) is 6.54 Å². The topological polar surface area (TPSA) is 49.4 Å². The first-order valence-corrected chi connectivity index (χ1v) is 7.62. The Morgan fingerprint density at radius 2 is 2.22 bits per heavy atom. The maximum Gasteiger partial charge on any atom is 0.245 e. The second-order valence-corrected chi connectivity index (χ2v) is 7.57. The Bertz CT molecular complexity index is 351. The molecule has 2 fully saturated rings. The van der Waals surface area contributed by atoms with Crippen LogP contribution >= 0.6 is 11.8 Å². The van der Waals surface area contributed by atoms with Crippen LogP contribution in [0.15, 0.2) is 0 Å². The predicted molar refractivity (Wildman–Crippen MR) is 73.4 cm³/mol. The molecule has 2 amide bonds. The molecule has 2 unspecified atom stereocenters. The van der Waals surface area contributed by atoms with Gasteiger partial charge in [-0.25, -0.2) is 0 Å². The van der Waals surface area contributed by atoms with Crippen molar-refractivity contribution in [1.82, 2.24) is 10.2 Å². The minimum absolute atomic E-state index is 0.0279. The van der Waals surface area contributed by atoms with Gasteiger partial charge in [-0.05, 0) is 31.4 Å². The molecule has 0 aliphatic carbocycles. The fourth-order valence-electron chi connectivity index (χ4n) is 2.68. The molecule has 1 N–H and O–H groups in total. The number of carbonyl (C=O) groups is 2. The minimum atomic E-state index is -0.346. The van der Waals surface area contributed by atoms with Crippen molar-refractivity contribution in [2.24, 2.45) is 5.92 Å². The van der Waals surface area contributed by atoms with E-state index < -0.39 is 0 Å². The molecule has 5 heteroatoms. The largest absolute Gasteiger partial charge is 0.343 e. The van der Waals surface area contributed by atoms with Crippen molar-refractivity contribution in [3.63, 3.8) is 0 Å². The number of hydrogen-bond donors (Lipinski definition) is 1. The van der Waals surface area contributed by atoms with E-state index in [0.717, 1.165) is 6.42 Å². The summed E-state index contributed by atoms with van der Waals surface area (Å²) in [6.07, 6.45) is 2.35. The van der Waals surface area contributed by atoms with Crippen LogP contribution in [0.5, 0.6) is 0 Å². The molecule has 0 aromatic carbocycles. The highest BCUT2D eigenvalue weighted by Crippen LogP contribution is 2.38. The Hall–Kier alpha value is -0.710. The summed E-state index contributed by atoms with van der Waals surface area (Å²) in [7, 11) is 0. The lowest BCUT2D eigenvalue weighted by atomic mass is 9.98. The second kappa shape index (κ2) is 5.11. The van der Waals surface area contributed by atoms with Gasteiger partial charge in [-0.2, -0.15) is 11.8 Å². The maximum absolute atomic E-state index is 12.3. The predicted octanol–water partition coefficient (Wildman–Crippen LogP) is 1.26. The third-order valence-corrected chi connectivity index (χ3v) is 5.24. The molecule has 0 bridgehead atoms. The van der Waals surface area contributed by atoms with Gasteiger partial charge in [-0.3, -0.25) is 9.59 Å². The molecule has 2 aliphatic heterocycles. The number of nitrogens with one attached hydrogen (secondary N) is 1. The van der Waals surface area contributed by atoms with E-state index in [1.807, 2.05) is 25.6 Å². The summed E-state index contributed by atoms with van der Waals surface area (Å²) >= 11 is 1.93. The van der Waals surface area contributed by atoms with Crippen LogP contribution in [0.3, 0.4) is 0 Å². The Balaban J connectivity index is 2.06. The van der Waals surface area contributed by atoms with E-state index in [1.54, 1.807) is 4.90 Å². The second-order valence-electron chi connectivity index (χ2n) is 5.89. The van der Waals surface area contributed by atoms with Crippen LogP contribution in [-0.2, 0) is 9.59 Å². The zero-order chi connectivity index (χ0) is 13.3. The Morgan fingerprint density at radius 1 is 1.50 bits per heavy atom. The van der Waals surface area contributed by atoms with Crippen LogP contribution < -0.4 is 5.32 Å². The van der Waals surface area contributed by atoms with Crippen molar-refractivity contribution in [3.8, 4) is 0 Å². The summed E-state index contributed by atoms with van der Waals surface area (Å²) in [6.45, 7) is 7.07. The quantitative estimate of drug-likeness (QED) is 0.840. The third-order valence-electron chi connectivity index (χ3n) is 3.72. The van der Waals surface area contributed by atoms with E-state index in [4.69, 9.17) is 0 Å². The first kappa shape index (κ1) is 13.7. The molecule has 2 heterocycles. The van der Waals surface area contributed by atoms with Crippen LogP contribution in [-0.4, -0.2) is 46.3 Å². The van der Waals surface area contributed by atoms with Crippen LogP contribution in [0.25, 0.3) is 0 Å². The number of hydrogen-bond acceptors (Lipinski definition) is 3. The van der Waals surface area contributed by atoms with Gasteiger partial charge in [-0.1, -0.05) is 13.8 Å². The molecule has 18 heavy (non-hydrogen) atoms. The smallest absolute Gasteiger partial charge is 0.245 e. The summed E-state index contributed by atoms with van der Waals surface area (Å²) in [5.41, 5.74) is 0. The van der Waals surface area contributed by atoms with Gasteiger partial charge in [0.25, 0.3) is 0 Å². The molecule has 2 saturated heterocycles. The monoisotopic (exact) mass is 270 g/mol. The van der Waals surface area contributed by atoms with Crippen molar-refractivity contribution in [2.45, 2.75) is 44.4 Å². The van der Waals surface area contributed by atoms with Gasteiger partial charge >= 0.3 is 0 Å². The number of carbonyl (C=O) groups excluding carboxylic acids is 2. The van der Waals surface area contributed by atoms with Gasteiger partial charge in [0.15, 0.2) is 0 Å². The van der Waals surface area contributed by atoms with E-state index in [1.165, 1.54) is 12.2 Å². The van der Waals surface area contributed by atoms with E-state index in [-0.39, 0.29) is 35.1 Å². The molecule has 0 aromatic rings. The van der Waals surface area contributed by atoms with E-state index in [2.05, 4.69) is 12.2 Å². The van der Waals surface area contributed by atoms with Crippen LogP contribution in [0.2, 0.25) is 0 Å². The van der Waals surface area contributed by atoms with E-state index in [0.29, 0.717) is 6.54 Å². The first-order chi connectivity index (χ1) is 8.41. The number of piperazine rings is 1. The van der Waals surface area contributed by atoms with E-state index in [9.17, 15) is 9.59 Å². The molecular formula is C13H22N2O2S. The lowest BCUT2D eigenvalue weighted by molar-refractivity contribution is -0.145. The molecule has 102 valence electrons. The molecule has 2 rings (SSSR count). The van der Waals surface area contributed by atoms with Crippen molar-refractivity contribution < 1.29 is 9.59 Å². The minimum Gasteiger partial charge on any atom is -0.343 e. The Labute approximate surface area is 113 Å². The zero-order valence-electron chi connectivity index (χ0n) is 11.4. The van der Waals surface area contributed by atoms with Crippen molar-refractivity contribution in [1.29, 1.82) is 0 Å². The summed E-state index contributed by atoms with van der Waals surface area (Å²) in [5.74, 6) is 1.37. The van der Waals surface area contributed by atoms with Gasteiger partial charge in [0, 0.05) is 11.3 Å². The van der Waals surface area contributed by atoms with E-state index >= 15 is 0 Å². The van der Waals surface area contributed by atoms with Gasteiger partial charge in [0.2, 0.25) is 11.8 Å². The summed E-state index contributed by atoms with van der Waals surface area (Å²) in [5, 5.41) is 2.80. The third kappa shape index (κ3) is 2.82. The number of amides is 2. The molecule has 0 aromatic heterocycles. The standard InChI is InChI=1S/C13H22N2O2S/c1-9(2)11-12(17)15(7-10(16)14-11)8-13(3)5-4-6-18-13/h9,11H,4-8H2,1-3H3,(H,14,16). The molecule has 4 nitrogen and oxygen atoms in total. The number of nitrogens with zero attached hydrogens (tertiary/aromatic N) is 1. The number of thioether (sulfide) groups is 1. The highest BCUT2D eigenvalue weighted by atomic mass is 32.2. The lowest BCUT2D eigenvalue weighted by Gasteiger charge is -2.38. The van der Waals surface area contributed by atoms with Crippen LogP contribution in [0.1, 0.15) is 33.6 Å².